The van der Waals surface area contributed by atoms with E-state index in [-0.39, 0.29) is 11.1 Å². The largest absolute Gasteiger partial charge is 0.493 e. The molecule has 0 aliphatic rings. The fourth-order valence-corrected chi connectivity index (χ4v) is 2.52. The number of benzene rings is 2. The summed E-state index contributed by atoms with van der Waals surface area (Å²) in [4.78, 5) is 28.1. The van der Waals surface area contributed by atoms with E-state index in [0.29, 0.717) is 27.4 Å². The maximum Gasteiger partial charge on any atom is 0.263 e. The molecule has 6 nitrogen and oxygen atoms in total. The van der Waals surface area contributed by atoms with Crippen LogP contribution < -0.4 is 15.6 Å². The van der Waals surface area contributed by atoms with Crippen LogP contribution >= 0.6 is 11.6 Å². The first kappa shape index (κ1) is 17.7. The third-order valence-electron chi connectivity index (χ3n) is 3.55. The summed E-state index contributed by atoms with van der Waals surface area (Å²) in [6.45, 7) is 1.26. The summed E-state index contributed by atoms with van der Waals surface area (Å²) in [6, 6.07) is 13.6. The molecule has 0 saturated heterocycles. The van der Waals surface area contributed by atoms with Crippen LogP contribution in [-0.4, -0.2) is 18.9 Å². The number of para-hydroxylation sites is 1. The van der Waals surface area contributed by atoms with Crippen LogP contribution in [-0.2, 0) is 4.79 Å². The molecule has 0 unspecified atom stereocenters. The number of halogens is 1. The molecule has 3 aromatic rings. The number of ether oxygens (including phenoxy) is 1. The number of carbonyl (C=O) groups excluding carboxylic acids is 2. The number of methoxy groups -OCH3 is 1. The first-order chi connectivity index (χ1) is 12.5. The monoisotopic (exact) mass is 370 g/mol. The van der Waals surface area contributed by atoms with Gasteiger partial charge < -0.3 is 9.15 Å². The van der Waals surface area contributed by atoms with Crippen molar-refractivity contribution in [1.82, 2.24) is 5.32 Å². The molecule has 3 rings (SSSR count). The Kier molecular flexibility index (Phi) is 5.04. The maximum atomic E-state index is 12.4. The smallest absolute Gasteiger partial charge is 0.263 e. The predicted molar refractivity (Wildman–Crippen MR) is 97.6 cm³/mol. The van der Waals surface area contributed by atoms with Crippen molar-refractivity contribution in [2.75, 3.05) is 7.11 Å². The highest BCUT2D eigenvalue weighted by atomic mass is 35.5. The van der Waals surface area contributed by atoms with Gasteiger partial charge in [-0.2, -0.15) is 0 Å². The number of fused-ring (bicyclic) bond motifs is 1. The highest BCUT2D eigenvalue weighted by Gasteiger charge is 2.15. The summed E-state index contributed by atoms with van der Waals surface area (Å²) in [5.41, 5.74) is 1.19. The van der Waals surface area contributed by atoms with Crippen LogP contribution in [0.3, 0.4) is 0 Å². The molecule has 132 valence electrons. The third kappa shape index (κ3) is 3.75. The van der Waals surface area contributed by atoms with Gasteiger partial charge in [0.15, 0.2) is 11.3 Å². The number of hydrogen-bond acceptors (Lipinski definition) is 5. The zero-order valence-electron chi connectivity index (χ0n) is 14.1. The second-order valence-corrected chi connectivity index (χ2v) is 5.88. The Labute approximate surface area is 154 Å². The molecule has 0 bridgehead atoms. The topological polar surface area (TPSA) is 80.9 Å². The second kappa shape index (κ2) is 7.41. The van der Waals surface area contributed by atoms with E-state index in [1.165, 1.54) is 14.0 Å². The molecule has 1 heterocycles. The second-order valence-electron chi connectivity index (χ2n) is 5.44. The highest BCUT2D eigenvalue weighted by molar-refractivity contribution is 6.30. The SMILES string of the molecule is COc1cccc2cc(C(=O)NC(C)=O)c(=Nc3ccc(Cl)cc3)oc12. The lowest BCUT2D eigenvalue weighted by molar-refractivity contribution is -0.118. The summed E-state index contributed by atoms with van der Waals surface area (Å²) in [5.74, 6) is -0.564. The molecule has 0 aliphatic carbocycles. The van der Waals surface area contributed by atoms with Crippen molar-refractivity contribution in [2.45, 2.75) is 6.92 Å². The van der Waals surface area contributed by atoms with E-state index in [1.807, 2.05) is 0 Å². The van der Waals surface area contributed by atoms with Crippen molar-refractivity contribution in [2.24, 2.45) is 4.99 Å². The van der Waals surface area contributed by atoms with E-state index in [1.54, 1.807) is 48.5 Å². The standard InChI is InChI=1S/C19H15ClN2O4/c1-11(23)21-18(24)15-10-12-4-3-5-16(25-2)17(12)26-19(15)22-14-8-6-13(20)7-9-14/h3-10H,1-2H3,(H,21,23,24). The summed E-state index contributed by atoms with van der Waals surface area (Å²) in [6.07, 6.45) is 0. The zero-order chi connectivity index (χ0) is 18.7. The first-order valence-electron chi connectivity index (χ1n) is 7.71. The molecule has 1 N–H and O–H groups in total. The Balaban J connectivity index is 2.27. The molecular weight excluding hydrogens is 356 g/mol. The van der Waals surface area contributed by atoms with Gasteiger partial charge in [-0.3, -0.25) is 14.9 Å². The maximum absolute atomic E-state index is 12.4. The molecule has 0 radical (unpaired) electrons. The van der Waals surface area contributed by atoms with Crippen LogP contribution in [0.4, 0.5) is 5.69 Å². The van der Waals surface area contributed by atoms with Crippen molar-refractivity contribution in [3.8, 4) is 5.75 Å². The van der Waals surface area contributed by atoms with Crippen LogP contribution in [0.2, 0.25) is 5.02 Å². The van der Waals surface area contributed by atoms with E-state index in [2.05, 4.69) is 10.3 Å². The summed E-state index contributed by atoms with van der Waals surface area (Å²) < 4.78 is 11.2. The molecule has 7 heteroatoms. The number of rotatable bonds is 3. The van der Waals surface area contributed by atoms with E-state index in [9.17, 15) is 9.59 Å². The quantitative estimate of drug-likeness (QED) is 0.763. The molecule has 0 saturated carbocycles. The van der Waals surface area contributed by atoms with E-state index in [4.69, 9.17) is 20.8 Å². The Morgan fingerprint density at radius 1 is 1.15 bits per heavy atom. The zero-order valence-corrected chi connectivity index (χ0v) is 14.8. The summed E-state index contributed by atoms with van der Waals surface area (Å²) in [5, 5.41) is 3.45. The number of nitrogens with one attached hydrogen (secondary N) is 1. The summed E-state index contributed by atoms with van der Waals surface area (Å²) in [7, 11) is 1.52. The first-order valence-corrected chi connectivity index (χ1v) is 8.09. The third-order valence-corrected chi connectivity index (χ3v) is 3.80. The molecule has 1 aromatic heterocycles. The molecule has 0 spiro atoms. The van der Waals surface area contributed by atoms with E-state index >= 15 is 0 Å². The number of carbonyl (C=O) groups is 2. The van der Waals surface area contributed by atoms with Crippen molar-refractivity contribution in [3.05, 3.63) is 64.7 Å². The minimum Gasteiger partial charge on any atom is -0.493 e. The highest BCUT2D eigenvalue weighted by Crippen LogP contribution is 2.25. The Bertz CT molecular complexity index is 1060. The predicted octanol–water partition coefficient (Wildman–Crippen LogP) is 3.60. The lowest BCUT2D eigenvalue weighted by Gasteiger charge is -2.07. The number of imide groups is 1. The van der Waals surface area contributed by atoms with Crippen molar-refractivity contribution in [3.63, 3.8) is 0 Å². The molecule has 0 fully saturated rings. The van der Waals surface area contributed by atoms with Crippen LogP contribution in [0, 0.1) is 0 Å². The van der Waals surface area contributed by atoms with Crippen molar-refractivity contribution >= 4 is 40.1 Å². The minimum absolute atomic E-state index is 0.0584. The van der Waals surface area contributed by atoms with Gasteiger partial charge in [-0.05, 0) is 36.4 Å². The Morgan fingerprint density at radius 3 is 2.54 bits per heavy atom. The van der Waals surface area contributed by atoms with Gasteiger partial charge in [0.25, 0.3) is 5.91 Å². The minimum atomic E-state index is -0.598. The molecule has 26 heavy (non-hydrogen) atoms. The van der Waals surface area contributed by atoms with Gasteiger partial charge in [0.2, 0.25) is 11.5 Å². The van der Waals surface area contributed by atoms with Gasteiger partial charge in [0, 0.05) is 17.3 Å². The van der Waals surface area contributed by atoms with Crippen LogP contribution in [0.15, 0.2) is 57.9 Å². The average molecular weight is 371 g/mol. The van der Waals surface area contributed by atoms with Gasteiger partial charge in [-0.1, -0.05) is 23.7 Å². The van der Waals surface area contributed by atoms with Gasteiger partial charge in [0.1, 0.15) is 5.56 Å². The molecule has 2 amide bonds. The normalized spacial score (nSPS) is 11.4. The number of hydrogen-bond donors (Lipinski definition) is 1. The Hall–Kier alpha value is -3.12. The van der Waals surface area contributed by atoms with E-state index in [0.717, 1.165) is 0 Å². The fraction of sp³-hybridized carbons (Fsp3) is 0.105. The van der Waals surface area contributed by atoms with E-state index < -0.39 is 11.8 Å². The molecule has 0 atom stereocenters. The average Bonchev–Trinajstić information content (AvgIpc) is 2.62. The lowest BCUT2D eigenvalue weighted by atomic mass is 10.1. The van der Waals surface area contributed by atoms with Gasteiger partial charge in [0.05, 0.1) is 12.8 Å². The van der Waals surface area contributed by atoms with Gasteiger partial charge in [-0.25, -0.2) is 4.99 Å². The lowest BCUT2D eigenvalue weighted by Crippen LogP contribution is -2.32. The number of nitrogens with zero attached hydrogens (tertiary/aromatic N) is 1. The van der Waals surface area contributed by atoms with Crippen LogP contribution in [0.5, 0.6) is 5.75 Å². The van der Waals surface area contributed by atoms with Gasteiger partial charge in [-0.15, -0.1) is 0 Å². The fourth-order valence-electron chi connectivity index (χ4n) is 2.39. The number of amides is 2. The van der Waals surface area contributed by atoms with Gasteiger partial charge >= 0.3 is 0 Å². The van der Waals surface area contributed by atoms with Crippen LogP contribution in [0.1, 0.15) is 17.3 Å². The van der Waals surface area contributed by atoms with Crippen molar-refractivity contribution < 1.29 is 18.7 Å². The Morgan fingerprint density at radius 2 is 1.88 bits per heavy atom. The van der Waals surface area contributed by atoms with Crippen molar-refractivity contribution in [1.29, 1.82) is 0 Å². The summed E-state index contributed by atoms with van der Waals surface area (Å²) >= 11 is 5.89. The molecule has 2 aromatic carbocycles. The molecular formula is C19H15ClN2O4. The van der Waals surface area contributed by atoms with Crippen LogP contribution in [0.25, 0.3) is 11.0 Å². The molecule has 0 aliphatic heterocycles.